The highest BCUT2D eigenvalue weighted by Crippen LogP contribution is 2.38. The van der Waals surface area contributed by atoms with Crippen molar-refractivity contribution in [2.45, 2.75) is 20.3 Å². The molecule has 0 spiro atoms. The molecule has 1 aliphatic heterocycles. The van der Waals surface area contributed by atoms with Crippen LogP contribution in [0.15, 0.2) is 50.8 Å². The standard InChI is InChI=1S/C22H23BrN2O3S/c1-5-10-25-21(26)20(29-22(25)24-16-8-6-14(2)7-9-16)12-15-11-17(23)19(28-4)13-18(15)27-3/h6-9,11-13H,5,10H2,1-4H3/b20-12+,24-22?. The van der Waals surface area contributed by atoms with E-state index in [1.54, 1.807) is 25.2 Å². The third-order valence-electron chi connectivity index (χ3n) is 4.38. The second-order valence-electron chi connectivity index (χ2n) is 6.53. The Hall–Kier alpha value is -2.25. The maximum Gasteiger partial charge on any atom is 0.266 e. The number of ether oxygens (including phenoxy) is 2. The van der Waals surface area contributed by atoms with Crippen LogP contribution in [0, 0.1) is 6.92 Å². The Morgan fingerprint density at radius 3 is 2.45 bits per heavy atom. The van der Waals surface area contributed by atoms with Gasteiger partial charge in [-0.25, -0.2) is 4.99 Å². The average molecular weight is 475 g/mol. The summed E-state index contributed by atoms with van der Waals surface area (Å²) >= 11 is 4.88. The molecule has 1 saturated heterocycles. The summed E-state index contributed by atoms with van der Waals surface area (Å²) in [5.41, 5.74) is 2.80. The van der Waals surface area contributed by atoms with Crippen molar-refractivity contribution in [1.29, 1.82) is 0 Å². The minimum absolute atomic E-state index is 0.0447. The van der Waals surface area contributed by atoms with E-state index in [4.69, 9.17) is 14.5 Å². The van der Waals surface area contributed by atoms with Gasteiger partial charge in [-0.1, -0.05) is 24.6 Å². The van der Waals surface area contributed by atoms with Gasteiger partial charge in [-0.3, -0.25) is 9.69 Å². The second-order valence-corrected chi connectivity index (χ2v) is 8.39. The topological polar surface area (TPSA) is 51.1 Å². The molecule has 2 aromatic rings. The highest BCUT2D eigenvalue weighted by molar-refractivity contribution is 9.10. The third-order valence-corrected chi connectivity index (χ3v) is 6.01. The molecule has 0 saturated carbocycles. The van der Waals surface area contributed by atoms with Crippen molar-refractivity contribution in [3.05, 3.63) is 56.9 Å². The number of halogens is 1. The predicted molar refractivity (Wildman–Crippen MR) is 123 cm³/mol. The number of carbonyl (C=O) groups is 1. The molecule has 0 aliphatic carbocycles. The number of aliphatic imine (C=N–C) groups is 1. The smallest absolute Gasteiger partial charge is 0.266 e. The van der Waals surface area contributed by atoms with E-state index in [2.05, 4.69) is 15.9 Å². The van der Waals surface area contributed by atoms with Gasteiger partial charge >= 0.3 is 0 Å². The van der Waals surface area contributed by atoms with Gasteiger partial charge in [0.05, 0.1) is 29.3 Å². The van der Waals surface area contributed by atoms with Gasteiger partial charge in [0.15, 0.2) is 5.17 Å². The lowest BCUT2D eigenvalue weighted by molar-refractivity contribution is -0.122. The highest BCUT2D eigenvalue weighted by atomic mass is 79.9. The minimum atomic E-state index is -0.0447. The van der Waals surface area contributed by atoms with Crippen LogP contribution >= 0.6 is 27.7 Å². The third kappa shape index (κ3) is 4.85. The molecule has 5 nitrogen and oxygen atoms in total. The monoisotopic (exact) mass is 474 g/mol. The fourth-order valence-corrected chi connectivity index (χ4v) is 4.42. The molecular formula is C22H23BrN2O3S. The van der Waals surface area contributed by atoms with Crippen LogP contribution in [-0.2, 0) is 4.79 Å². The van der Waals surface area contributed by atoms with Crippen LogP contribution in [0.4, 0.5) is 5.69 Å². The van der Waals surface area contributed by atoms with Crippen molar-refractivity contribution < 1.29 is 14.3 Å². The Labute approximate surface area is 183 Å². The van der Waals surface area contributed by atoms with E-state index in [0.717, 1.165) is 22.1 Å². The summed E-state index contributed by atoms with van der Waals surface area (Å²) in [7, 11) is 3.20. The first kappa shape index (κ1) is 21.5. The number of thioether (sulfide) groups is 1. The lowest BCUT2D eigenvalue weighted by Gasteiger charge is -2.14. The zero-order valence-corrected chi connectivity index (χ0v) is 19.3. The van der Waals surface area contributed by atoms with Crippen molar-refractivity contribution in [1.82, 2.24) is 4.90 Å². The molecule has 3 rings (SSSR count). The summed E-state index contributed by atoms with van der Waals surface area (Å²) in [5, 5.41) is 0.693. The van der Waals surface area contributed by atoms with E-state index in [1.165, 1.54) is 17.3 Å². The lowest BCUT2D eigenvalue weighted by Crippen LogP contribution is -2.29. The van der Waals surface area contributed by atoms with Gasteiger partial charge in [0, 0.05) is 18.2 Å². The number of nitrogens with zero attached hydrogens (tertiary/aromatic N) is 2. The predicted octanol–water partition coefficient (Wildman–Crippen LogP) is 5.79. The number of hydrogen-bond donors (Lipinski definition) is 0. The molecule has 2 aromatic carbocycles. The largest absolute Gasteiger partial charge is 0.496 e. The van der Waals surface area contributed by atoms with Crippen LogP contribution in [0.1, 0.15) is 24.5 Å². The minimum Gasteiger partial charge on any atom is -0.496 e. The molecule has 0 aromatic heterocycles. The maximum atomic E-state index is 13.0. The van der Waals surface area contributed by atoms with E-state index in [0.29, 0.717) is 28.1 Å². The number of amidine groups is 1. The number of benzene rings is 2. The van der Waals surface area contributed by atoms with Gasteiger partial charge in [-0.05, 0) is 65.3 Å². The number of rotatable bonds is 6. The van der Waals surface area contributed by atoms with E-state index < -0.39 is 0 Å². The Morgan fingerprint density at radius 1 is 1.14 bits per heavy atom. The molecule has 1 amide bonds. The SMILES string of the molecule is CCCN1C(=O)/C(=C\c2cc(Br)c(OC)cc2OC)SC1=Nc1ccc(C)cc1. The molecule has 1 fully saturated rings. The summed E-state index contributed by atoms with van der Waals surface area (Å²) < 4.78 is 11.6. The summed E-state index contributed by atoms with van der Waals surface area (Å²) in [4.78, 5) is 20.1. The first-order chi connectivity index (χ1) is 14.0. The van der Waals surface area contributed by atoms with Gasteiger partial charge in [-0.2, -0.15) is 0 Å². The van der Waals surface area contributed by atoms with E-state index in [-0.39, 0.29) is 5.91 Å². The Balaban J connectivity index is 1.99. The Bertz CT molecular complexity index is 971. The zero-order valence-electron chi connectivity index (χ0n) is 16.9. The van der Waals surface area contributed by atoms with Gasteiger partial charge in [0.25, 0.3) is 5.91 Å². The first-order valence-corrected chi connectivity index (χ1v) is 10.9. The Kier molecular flexibility index (Phi) is 7.03. The van der Waals surface area contributed by atoms with Gasteiger partial charge in [-0.15, -0.1) is 0 Å². The number of methoxy groups -OCH3 is 2. The molecular weight excluding hydrogens is 452 g/mol. The molecule has 0 radical (unpaired) electrons. The van der Waals surface area contributed by atoms with Crippen LogP contribution in [0.25, 0.3) is 6.08 Å². The lowest BCUT2D eigenvalue weighted by atomic mass is 10.1. The molecule has 1 aliphatic rings. The fourth-order valence-electron chi connectivity index (χ4n) is 2.88. The van der Waals surface area contributed by atoms with Crippen LogP contribution in [0.3, 0.4) is 0 Å². The average Bonchev–Trinajstić information content (AvgIpc) is 2.99. The van der Waals surface area contributed by atoms with Crippen LogP contribution in [0.5, 0.6) is 11.5 Å². The van der Waals surface area contributed by atoms with Crippen molar-refractivity contribution in [2.24, 2.45) is 4.99 Å². The summed E-state index contributed by atoms with van der Waals surface area (Å²) in [5.74, 6) is 1.26. The summed E-state index contributed by atoms with van der Waals surface area (Å²) in [6.45, 7) is 4.71. The number of hydrogen-bond acceptors (Lipinski definition) is 5. The van der Waals surface area contributed by atoms with Crippen molar-refractivity contribution in [2.75, 3.05) is 20.8 Å². The number of amides is 1. The van der Waals surface area contributed by atoms with Crippen LogP contribution in [-0.4, -0.2) is 36.7 Å². The quantitative estimate of drug-likeness (QED) is 0.497. The molecule has 7 heteroatoms. The van der Waals surface area contributed by atoms with E-state index in [9.17, 15) is 4.79 Å². The maximum absolute atomic E-state index is 13.0. The molecule has 1 heterocycles. The first-order valence-electron chi connectivity index (χ1n) is 9.25. The number of carbonyl (C=O) groups excluding carboxylic acids is 1. The van der Waals surface area contributed by atoms with Crippen molar-refractivity contribution >= 4 is 50.5 Å². The van der Waals surface area contributed by atoms with E-state index in [1.807, 2.05) is 50.3 Å². The Morgan fingerprint density at radius 2 is 1.83 bits per heavy atom. The number of aryl methyl sites for hydroxylation is 1. The molecule has 0 N–H and O–H groups in total. The van der Waals surface area contributed by atoms with Crippen LogP contribution < -0.4 is 9.47 Å². The van der Waals surface area contributed by atoms with Crippen LogP contribution in [0.2, 0.25) is 0 Å². The molecule has 29 heavy (non-hydrogen) atoms. The second kappa shape index (κ2) is 9.50. The molecule has 152 valence electrons. The molecule has 0 unspecified atom stereocenters. The van der Waals surface area contributed by atoms with Gasteiger partial charge < -0.3 is 9.47 Å². The summed E-state index contributed by atoms with van der Waals surface area (Å²) in [6, 6.07) is 11.6. The van der Waals surface area contributed by atoms with Gasteiger partial charge in [0.1, 0.15) is 11.5 Å². The highest BCUT2D eigenvalue weighted by Gasteiger charge is 2.33. The molecule has 0 atom stereocenters. The molecule has 0 bridgehead atoms. The van der Waals surface area contributed by atoms with E-state index >= 15 is 0 Å². The summed E-state index contributed by atoms with van der Waals surface area (Å²) in [6.07, 6.45) is 2.69. The zero-order chi connectivity index (χ0) is 21.0. The van der Waals surface area contributed by atoms with Crippen molar-refractivity contribution in [3.63, 3.8) is 0 Å². The fraction of sp³-hybridized carbons (Fsp3) is 0.273. The normalized spacial score (nSPS) is 16.7. The van der Waals surface area contributed by atoms with Crippen molar-refractivity contribution in [3.8, 4) is 11.5 Å². The van der Waals surface area contributed by atoms with Gasteiger partial charge in [0.2, 0.25) is 0 Å².